The lowest BCUT2D eigenvalue weighted by atomic mass is 10.1. The van der Waals surface area contributed by atoms with Gasteiger partial charge < -0.3 is 15.7 Å². The lowest BCUT2D eigenvalue weighted by molar-refractivity contribution is 0.0569. The first kappa shape index (κ1) is 10.9. The summed E-state index contributed by atoms with van der Waals surface area (Å²) in [5.41, 5.74) is 6.26. The van der Waals surface area contributed by atoms with E-state index in [0.717, 1.165) is 0 Å². The van der Waals surface area contributed by atoms with Gasteiger partial charge in [-0.3, -0.25) is 9.89 Å². The quantitative estimate of drug-likeness (QED) is 0.620. The van der Waals surface area contributed by atoms with E-state index in [1.807, 2.05) is 0 Å². The van der Waals surface area contributed by atoms with Crippen molar-refractivity contribution in [3.05, 3.63) is 11.4 Å². The minimum Gasteiger partial charge on any atom is -0.395 e. The molecular weight excluding hydrogens is 208 g/mol. The largest absolute Gasteiger partial charge is 0.395 e. The number of nitrogens with one attached hydrogen (secondary N) is 1. The van der Waals surface area contributed by atoms with Crippen molar-refractivity contribution in [2.45, 2.75) is 25.9 Å². The SMILES string of the molecule is Cc1[nH]nc(C(=O)N2CCC(C)(O)C2)c1N. The fraction of sp³-hybridized carbons (Fsp3) is 0.600. The summed E-state index contributed by atoms with van der Waals surface area (Å²) < 4.78 is 0. The fourth-order valence-electron chi connectivity index (χ4n) is 1.87. The average molecular weight is 224 g/mol. The maximum absolute atomic E-state index is 12.0. The van der Waals surface area contributed by atoms with Crippen LogP contribution in [0.25, 0.3) is 0 Å². The molecule has 1 aromatic heterocycles. The van der Waals surface area contributed by atoms with Gasteiger partial charge in [0, 0.05) is 13.1 Å². The van der Waals surface area contributed by atoms with E-state index in [4.69, 9.17) is 5.73 Å². The Balaban J connectivity index is 2.18. The molecule has 1 fully saturated rings. The summed E-state index contributed by atoms with van der Waals surface area (Å²) in [5.74, 6) is -0.223. The highest BCUT2D eigenvalue weighted by molar-refractivity contribution is 5.97. The number of hydrogen-bond donors (Lipinski definition) is 3. The van der Waals surface area contributed by atoms with Gasteiger partial charge in [0.15, 0.2) is 5.69 Å². The van der Waals surface area contributed by atoms with Crippen LogP contribution in [0.2, 0.25) is 0 Å². The molecule has 16 heavy (non-hydrogen) atoms. The Morgan fingerprint density at radius 3 is 2.81 bits per heavy atom. The number of carbonyl (C=O) groups is 1. The van der Waals surface area contributed by atoms with Gasteiger partial charge in [-0.05, 0) is 20.3 Å². The Bertz CT molecular complexity index is 424. The van der Waals surface area contributed by atoms with Crippen LogP contribution in [0.4, 0.5) is 5.69 Å². The van der Waals surface area contributed by atoms with E-state index in [9.17, 15) is 9.90 Å². The third-order valence-corrected chi connectivity index (χ3v) is 2.94. The van der Waals surface area contributed by atoms with E-state index in [1.165, 1.54) is 0 Å². The molecule has 1 unspecified atom stereocenters. The predicted molar refractivity (Wildman–Crippen MR) is 58.9 cm³/mol. The van der Waals surface area contributed by atoms with Gasteiger partial charge >= 0.3 is 0 Å². The van der Waals surface area contributed by atoms with Gasteiger partial charge in [-0.15, -0.1) is 0 Å². The van der Waals surface area contributed by atoms with Crippen molar-refractivity contribution in [3.8, 4) is 0 Å². The smallest absolute Gasteiger partial charge is 0.276 e. The molecule has 1 saturated heterocycles. The molecule has 4 N–H and O–H groups in total. The number of hydrogen-bond acceptors (Lipinski definition) is 4. The van der Waals surface area contributed by atoms with E-state index in [-0.39, 0.29) is 11.6 Å². The standard InChI is InChI=1S/C10H16N4O2/c1-6-7(11)8(13-12-6)9(15)14-4-3-10(2,16)5-14/h16H,3-5,11H2,1-2H3,(H,12,13). The van der Waals surface area contributed by atoms with E-state index in [0.29, 0.717) is 30.9 Å². The maximum Gasteiger partial charge on any atom is 0.276 e. The van der Waals surface area contributed by atoms with Crippen molar-refractivity contribution in [2.75, 3.05) is 18.8 Å². The van der Waals surface area contributed by atoms with Gasteiger partial charge in [-0.2, -0.15) is 5.10 Å². The first-order valence-electron chi connectivity index (χ1n) is 5.23. The lowest BCUT2D eigenvalue weighted by Crippen LogP contribution is -2.34. The zero-order valence-electron chi connectivity index (χ0n) is 9.45. The summed E-state index contributed by atoms with van der Waals surface area (Å²) in [7, 11) is 0. The van der Waals surface area contributed by atoms with Gasteiger partial charge in [0.05, 0.1) is 17.0 Å². The summed E-state index contributed by atoms with van der Waals surface area (Å²) in [4.78, 5) is 13.6. The minimum absolute atomic E-state index is 0.223. The second-order valence-electron chi connectivity index (χ2n) is 4.58. The predicted octanol–water partition coefficient (Wildman–Crippen LogP) is -0.103. The molecule has 1 atom stereocenters. The number of nitrogens with two attached hydrogens (primary N) is 1. The first-order chi connectivity index (χ1) is 7.41. The van der Waals surface area contributed by atoms with Crippen LogP contribution < -0.4 is 5.73 Å². The molecule has 0 aliphatic carbocycles. The highest BCUT2D eigenvalue weighted by Crippen LogP contribution is 2.23. The van der Waals surface area contributed by atoms with E-state index in [1.54, 1.807) is 18.7 Å². The molecule has 0 saturated carbocycles. The highest BCUT2D eigenvalue weighted by atomic mass is 16.3. The molecule has 0 spiro atoms. The van der Waals surface area contributed by atoms with Crippen molar-refractivity contribution in [1.82, 2.24) is 15.1 Å². The third-order valence-electron chi connectivity index (χ3n) is 2.94. The molecule has 0 bridgehead atoms. The minimum atomic E-state index is -0.796. The summed E-state index contributed by atoms with van der Waals surface area (Å²) in [5, 5.41) is 16.3. The van der Waals surface area contributed by atoms with Crippen molar-refractivity contribution in [2.24, 2.45) is 0 Å². The van der Waals surface area contributed by atoms with Crippen LogP contribution >= 0.6 is 0 Å². The van der Waals surface area contributed by atoms with Crippen LogP contribution in [0.15, 0.2) is 0 Å². The molecule has 2 rings (SSSR count). The number of nitrogen functional groups attached to an aromatic ring is 1. The number of nitrogens with zero attached hydrogens (tertiary/aromatic N) is 2. The number of H-pyrrole nitrogens is 1. The zero-order chi connectivity index (χ0) is 11.9. The van der Waals surface area contributed by atoms with Crippen molar-refractivity contribution >= 4 is 11.6 Å². The van der Waals surface area contributed by atoms with Gasteiger partial charge in [0.25, 0.3) is 5.91 Å². The average Bonchev–Trinajstić information content (AvgIpc) is 2.71. The topological polar surface area (TPSA) is 95.2 Å². The van der Waals surface area contributed by atoms with Crippen molar-refractivity contribution in [1.29, 1.82) is 0 Å². The fourth-order valence-corrected chi connectivity index (χ4v) is 1.87. The van der Waals surface area contributed by atoms with E-state index < -0.39 is 5.60 Å². The lowest BCUT2D eigenvalue weighted by Gasteiger charge is -2.18. The number of likely N-dealkylation sites (tertiary alicyclic amines) is 1. The molecule has 6 heteroatoms. The Morgan fingerprint density at radius 1 is 1.69 bits per heavy atom. The van der Waals surface area contributed by atoms with Crippen molar-refractivity contribution in [3.63, 3.8) is 0 Å². The molecule has 1 aliphatic heterocycles. The van der Waals surface area contributed by atoms with Crippen molar-refractivity contribution < 1.29 is 9.90 Å². The van der Waals surface area contributed by atoms with E-state index in [2.05, 4.69) is 10.2 Å². The van der Waals surface area contributed by atoms with Crippen LogP contribution in [-0.4, -0.2) is 44.8 Å². The Kier molecular flexibility index (Phi) is 2.38. The van der Waals surface area contributed by atoms with Gasteiger partial charge in [-0.25, -0.2) is 0 Å². The molecular formula is C10H16N4O2. The molecule has 1 aromatic rings. The first-order valence-corrected chi connectivity index (χ1v) is 5.23. The summed E-state index contributed by atoms with van der Waals surface area (Å²) >= 11 is 0. The van der Waals surface area contributed by atoms with Crippen LogP contribution in [0.5, 0.6) is 0 Å². The summed E-state index contributed by atoms with van der Waals surface area (Å²) in [6.07, 6.45) is 0.585. The molecule has 0 aromatic carbocycles. The van der Waals surface area contributed by atoms with Crippen LogP contribution in [0, 0.1) is 6.92 Å². The Morgan fingerprint density at radius 2 is 2.38 bits per heavy atom. The molecule has 6 nitrogen and oxygen atoms in total. The number of aromatic nitrogens is 2. The molecule has 0 radical (unpaired) electrons. The molecule has 1 aliphatic rings. The normalized spacial score (nSPS) is 25.1. The summed E-state index contributed by atoms with van der Waals surface area (Å²) in [6.45, 7) is 4.35. The molecule has 1 amide bonds. The Labute approximate surface area is 93.4 Å². The number of β-amino-alcohol motifs (C(OH)–C–C–N with tert-alkyl or cyclic N) is 1. The van der Waals surface area contributed by atoms with Crippen LogP contribution in [-0.2, 0) is 0 Å². The third kappa shape index (κ3) is 1.76. The number of carbonyl (C=O) groups excluding carboxylic acids is 1. The second-order valence-corrected chi connectivity index (χ2v) is 4.58. The molecule has 2 heterocycles. The second kappa shape index (κ2) is 3.48. The number of aromatic amines is 1. The van der Waals surface area contributed by atoms with Crippen LogP contribution in [0.1, 0.15) is 29.5 Å². The Hall–Kier alpha value is -1.56. The summed E-state index contributed by atoms with van der Waals surface area (Å²) in [6, 6.07) is 0. The number of aryl methyl sites for hydroxylation is 1. The number of amides is 1. The zero-order valence-corrected chi connectivity index (χ0v) is 9.45. The number of aliphatic hydroxyl groups is 1. The van der Waals surface area contributed by atoms with Gasteiger partial charge in [-0.1, -0.05) is 0 Å². The number of rotatable bonds is 1. The van der Waals surface area contributed by atoms with Crippen LogP contribution in [0.3, 0.4) is 0 Å². The van der Waals surface area contributed by atoms with Gasteiger partial charge in [0.1, 0.15) is 0 Å². The monoisotopic (exact) mass is 224 g/mol. The van der Waals surface area contributed by atoms with E-state index >= 15 is 0 Å². The highest BCUT2D eigenvalue weighted by Gasteiger charge is 2.35. The molecule has 88 valence electrons. The number of anilines is 1. The van der Waals surface area contributed by atoms with Gasteiger partial charge in [0.2, 0.25) is 0 Å². The maximum atomic E-state index is 12.0.